The standard InChI is InChI=1S/C22H31N5O6S/c1-12(19(29)26-17(22(32)33)7-8-34-2)25-21(31)18(11-28)27-20(30)15(23)9-13-10-24-16-6-4-3-5-14(13)16/h3-6,10,12,15,17-18,24,28H,7-9,11,23H2,1-2H3,(H,25,31)(H,26,29)(H,27,30)(H,32,33). The summed E-state index contributed by atoms with van der Waals surface area (Å²) in [4.78, 5) is 51.8. The summed E-state index contributed by atoms with van der Waals surface area (Å²) < 4.78 is 0. The number of hydrogen-bond donors (Lipinski definition) is 7. The number of thioether (sulfide) groups is 1. The summed E-state index contributed by atoms with van der Waals surface area (Å²) in [6.07, 6.45) is 4.02. The van der Waals surface area contributed by atoms with E-state index in [1.807, 2.05) is 30.5 Å². The molecule has 0 fully saturated rings. The average Bonchev–Trinajstić information content (AvgIpc) is 3.22. The summed E-state index contributed by atoms with van der Waals surface area (Å²) >= 11 is 1.45. The fraction of sp³-hybridized carbons (Fsp3) is 0.455. The van der Waals surface area contributed by atoms with Crippen LogP contribution < -0.4 is 21.7 Å². The fourth-order valence-electron chi connectivity index (χ4n) is 3.27. The number of carbonyl (C=O) groups is 4. The Morgan fingerprint density at radius 3 is 2.38 bits per heavy atom. The average molecular weight is 494 g/mol. The summed E-state index contributed by atoms with van der Waals surface area (Å²) in [6.45, 7) is 0.664. The Kier molecular flexibility index (Phi) is 10.4. The van der Waals surface area contributed by atoms with Crippen LogP contribution in [0.1, 0.15) is 18.9 Å². The number of benzene rings is 1. The van der Waals surface area contributed by atoms with E-state index in [9.17, 15) is 29.4 Å². The zero-order chi connectivity index (χ0) is 25.3. The van der Waals surface area contributed by atoms with Crippen molar-refractivity contribution in [3.8, 4) is 0 Å². The molecule has 0 saturated carbocycles. The van der Waals surface area contributed by atoms with Gasteiger partial charge in [-0.05, 0) is 43.4 Å². The van der Waals surface area contributed by atoms with Gasteiger partial charge < -0.3 is 36.9 Å². The number of hydrogen-bond acceptors (Lipinski definition) is 7. The Morgan fingerprint density at radius 1 is 1.06 bits per heavy atom. The number of fused-ring (bicyclic) bond motifs is 1. The second-order valence-corrected chi connectivity index (χ2v) is 8.81. The summed E-state index contributed by atoms with van der Waals surface area (Å²) in [5.74, 6) is -2.77. The van der Waals surface area contributed by atoms with Crippen molar-refractivity contribution in [3.05, 3.63) is 36.0 Å². The molecule has 3 amide bonds. The van der Waals surface area contributed by atoms with Crippen LogP contribution in [0, 0.1) is 0 Å². The zero-order valence-corrected chi connectivity index (χ0v) is 19.9. The maximum absolute atomic E-state index is 12.5. The molecule has 0 radical (unpaired) electrons. The number of carbonyl (C=O) groups excluding carboxylic acids is 3. The van der Waals surface area contributed by atoms with Gasteiger partial charge in [0.05, 0.1) is 12.6 Å². The quantitative estimate of drug-likeness (QED) is 0.192. The van der Waals surface area contributed by atoms with E-state index < -0.39 is 54.5 Å². The molecule has 1 aromatic carbocycles. The number of rotatable bonds is 13. The molecule has 34 heavy (non-hydrogen) atoms. The number of aromatic amines is 1. The number of aliphatic carboxylic acids is 1. The van der Waals surface area contributed by atoms with Crippen molar-refractivity contribution in [1.82, 2.24) is 20.9 Å². The molecule has 11 nitrogen and oxygen atoms in total. The normalized spacial score (nSPS) is 14.6. The lowest BCUT2D eigenvalue weighted by molar-refractivity contribution is -0.142. The largest absolute Gasteiger partial charge is 0.480 e. The first-order chi connectivity index (χ1) is 16.2. The minimum atomic E-state index is -1.33. The Hall–Kier alpha value is -3.09. The van der Waals surface area contributed by atoms with Crippen molar-refractivity contribution in [2.24, 2.45) is 5.73 Å². The van der Waals surface area contributed by atoms with Crippen LogP contribution in [0.15, 0.2) is 30.5 Å². The molecule has 2 aromatic rings. The van der Waals surface area contributed by atoms with Gasteiger partial charge in [-0.3, -0.25) is 14.4 Å². The van der Waals surface area contributed by atoms with Crippen LogP contribution >= 0.6 is 11.8 Å². The molecule has 8 N–H and O–H groups in total. The van der Waals surface area contributed by atoms with Gasteiger partial charge in [-0.2, -0.15) is 11.8 Å². The summed E-state index contributed by atoms with van der Waals surface area (Å²) in [6, 6.07) is 3.07. The number of nitrogens with two attached hydrogens (primary N) is 1. The highest BCUT2D eigenvalue weighted by atomic mass is 32.2. The predicted octanol–water partition coefficient (Wildman–Crippen LogP) is -0.658. The molecule has 12 heteroatoms. The summed E-state index contributed by atoms with van der Waals surface area (Å²) in [7, 11) is 0. The lowest BCUT2D eigenvalue weighted by Crippen LogP contribution is -2.57. The molecule has 0 aliphatic heterocycles. The van der Waals surface area contributed by atoms with E-state index in [0.29, 0.717) is 5.75 Å². The highest BCUT2D eigenvalue weighted by Gasteiger charge is 2.28. The molecule has 2 rings (SSSR count). The smallest absolute Gasteiger partial charge is 0.326 e. The first-order valence-corrected chi connectivity index (χ1v) is 12.1. The lowest BCUT2D eigenvalue weighted by atomic mass is 10.0. The Balaban J connectivity index is 1.91. The van der Waals surface area contributed by atoms with Gasteiger partial charge in [0.25, 0.3) is 0 Å². The third-order valence-electron chi connectivity index (χ3n) is 5.24. The molecule has 0 aliphatic rings. The van der Waals surface area contributed by atoms with Crippen LogP contribution in [-0.2, 0) is 25.6 Å². The topological polar surface area (TPSA) is 187 Å². The number of aromatic nitrogens is 1. The molecule has 4 atom stereocenters. The van der Waals surface area contributed by atoms with Gasteiger partial charge in [-0.1, -0.05) is 18.2 Å². The van der Waals surface area contributed by atoms with Crippen molar-refractivity contribution < 1.29 is 29.4 Å². The predicted molar refractivity (Wildman–Crippen MR) is 129 cm³/mol. The molecular formula is C22H31N5O6S. The minimum Gasteiger partial charge on any atom is -0.480 e. The van der Waals surface area contributed by atoms with Crippen LogP contribution in [0.5, 0.6) is 0 Å². The Morgan fingerprint density at radius 2 is 1.74 bits per heavy atom. The number of aliphatic hydroxyl groups is 1. The monoisotopic (exact) mass is 493 g/mol. The van der Waals surface area contributed by atoms with Gasteiger partial charge in [0, 0.05) is 17.1 Å². The third-order valence-corrected chi connectivity index (χ3v) is 5.89. The summed E-state index contributed by atoms with van der Waals surface area (Å²) in [5, 5.41) is 26.9. The van der Waals surface area contributed by atoms with Crippen LogP contribution in [0.4, 0.5) is 0 Å². The van der Waals surface area contributed by atoms with E-state index >= 15 is 0 Å². The zero-order valence-electron chi connectivity index (χ0n) is 19.0. The van der Waals surface area contributed by atoms with Gasteiger partial charge in [-0.25, -0.2) is 4.79 Å². The van der Waals surface area contributed by atoms with Crippen molar-refractivity contribution in [2.75, 3.05) is 18.6 Å². The number of amides is 3. The van der Waals surface area contributed by atoms with Gasteiger partial charge in [-0.15, -0.1) is 0 Å². The highest BCUT2D eigenvalue weighted by molar-refractivity contribution is 7.98. The van der Waals surface area contributed by atoms with Crippen LogP contribution in [0.2, 0.25) is 0 Å². The summed E-state index contributed by atoms with van der Waals surface area (Å²) in [5.41, 5.74) is 7.76. The number of carboxylic acid groups (broad SMARTS) is 1. The molecule has 1 aromatic heterocycles. The Labute approximate surface area is 201 Å². The number of para-hydroxylation sites is 1. The molecule has 186 valence electrons. The van der Waals surface area contributed by atoms with Crippen molar-refractivity contribution in [2.45, 2.75) is 43.9 Å². The molecule has 0 aliphatic carbocycles. The number of H-pyrrole nitrogens is 1. The van der Waals surface area contributed by atoms with E-state index in [-0.39, 0.29) is 12.8 Å². The lowest BCUT2D eigenvalue weighted by Gasteiger charge is -2.22. The van der Waals surface area contributed by atoms with E-state index in [2.05, 4.69) is 20.9 Å². The number of carboxylic acids is 1. The maximum Gasteiger partial charge on any atom is 0.326 e. The van der Waals surface area contributed by atoms with Gasteiger partial charge in [0.2, 0.25) is 17.7 Å². The fourth-order valence-corrected chi connectivity index (χ4v) is 3.74. The van der Waals surface area contributed by atoms with Crippen molar-refractivity contribution in [3.63, 3.8) is 0 Å². The first kappa shape index (κ1) is 27.2. The first-order valence-electron chi connectivity index (χ1n) is 10.7. The van der Waals surface area contributed by atoms with E-state index in [1.165, 1.54) is 18.7 Å². The minimum absolute atomic E-state index is 0.209. The second kappa shape index (κ2) is 13.0. The van der Waals surface area contributed by atoms with Crippen LogP contribution in [0.25, 0.3) is 10.9 Å². The number of aliphatic hydroxyl groups excluding tert-OH is 1. The van der Waals surface area contributed by atoms with Gasteiger partial charge in [0.1, 0.15) is 18.1 Å². The van der Waals surface area contributed by atoms with Crippen molar-refractivity contribution >= 4 is 46.4 Å². The molecular weight excluding hydrogens is 462 g/mol. The van der Waals surface area contributed by atoms with E-state index in [0.717, 1.165) is 16.5 Å². The molecule has 0 spiro atoms. The SMILES string of the molecule is CSCCC(NC(=O)C(C)NC(=O)C(CO)NC(=O)C(N)Cc1c[nH]c2ccccc12)C(=O)O. The molecule has 1 heterocycles. The van der Waals surface area contributed by atoms with E-state index in [4.69, 9.17) is 5.73 Å². The molecule has 0 bridgehead atoms. The highest BCUT2D eigenvalue weighted by Crippen LogP contribution is 2.18. The van der Waals surface area contributed by atoms with Gasteiger partial charge in [0.15, 0.2) is 0 Å². The molecule has 0 saturated heterocycles. The maximum atomic E-state index is 12.5. The molecule has 4 unspecified atom stereocenters. The van der Waals surface area contributed by atoms with Crippen LogP contribution in [-0.4, -0.2) is 81.7 Å². The van der Waals surface area contributed by atoms with Crippen LogP contribution in [0.3, 0.4) is 0 Å². The number of nitrogens with one attached hydrogen (secondary N) is 4. The van der Waals surface area contributed by atoms with Crippen molar-refractivity contribution in [1.29, 1.82) is 0 Å². The third kappa shape index (κ3) is 7.47. The Bertz CT molecular complexity index is 1010. The van der Waals surface area contributed by atoms with E-state index in [1.54, 1.807) is 6.20 Å². The van der Waals surface area contributed by atoms with Gasteiger partial charge >= 0.3 is 5.97 Å². The second-order valence-electron chi connectivity index (χ2n) is 7.83.